The molecule has 0 radical (unpaired) electrons. The van der Waals surface area contributed by atoms with Gasteiger partial charge >= 0.3 is 0 Å². The predicted molar refractivity (Wildman–Crippen MR) is 61.5 cm³/mol. The van der Waals surface area contributed by atoms with Crippen LogP contribution >= 0.6 is 0 Å². The molecule has 0 bridgehead atoms. The molecule has 20 heavy (non-hydrogen) atoms. The first-order chi connectivity index (χ1) is 9.52. The highest BCUT2D eigenvalue weighted by molar-refractivity contribution is 5.84. The zero-order valence-corrected chi connectivity index (χ0v) is 10.5. The molecular weight excluding hydrogens is 281 g/mol. The fourth-order valence-corrected chi connectivity index (χ4v) is 2.02. The Morgan fingerprint density at radius 2 is 1.25 bits per heavy atom. The summed E-state index contributed by atoms with van der Waals surface area (Å²) >= 11 is 0. The molecule has 1 aliphatic rings. The Morgan fingerprint density at radius 3 is 1.80 bits per heavy atom. The smallest absolute Gasteiger partial charge is 0.200 e. The molecule has 1 aromatic carbocycles. The van der Waals surface area contributed by atoms with Crippen LogP contribution in [0.3, 0.4) is 0 Å². The van der Waals surface area contributed by atoms with E-state index in [2.05, 4.69) is 5.16 Å². The molecule has 0 amide bonds. The molecule has 110 valence electrons. The average Bonchev–Trinajstić information content (AvgIpc) is 2.48. The van der Waals surface area contributed by atoms with Crippen molar-refractivity contribution in [1.29, 1.82) is 0 Å². The Kier molecular flexibility index (Phi) is 4.57. The summed E-state index contributed by atoms with van der Waals surface area (Å²) < 4.78 is 65.3. The Morgan fingerprint density at radius 1 is 0.750 bits per heavy atom. The van der Waals surface area contributed by atoms with Crippen LogP contribution in [0.4, 0.5) is 22.0 Å². The van der Waals surface area contributed by atoms with Crippen molar-refractivity contribution >= 4 is 5.71 Å². The molecule has 0 unspecified atom stereocenters. The summed E-state index contributed by atoms with van der Waals surface area (Å²) in [6, 6.07) is 0. The second-order valence-electron chi connectivity index (χ2n) is 4.54. The lowest BCUT2D eigenvalue weighted by Gasteiger charge is -2.12. The molecule has 0 aromatic heterocycles. The molecule has 1 saturated carbocycles. The third kappa shape index (κ3) is 2.91. The zero-order chi connectivity index (χ0) is 14.7. The van der Waals surface area contributed by atoms with Crippen molar-refractivity contribution in [2.24, 2.45) is 5.16 Å². The first-order valence-corrected chi connectivity index (χ1v) is 6.20. The van der Waals surface area contributed by atoms with Crippen LogP contribution in [0.1, 0.15) is 37.7 Å². The van der Waals surface area contributed by atoms with Gasteiger partial charge in [0, 0.05) is 0 Å². The van der Waals surface area contributed by atoms with Crippen LogP contribution in [0.25, 0.3) is 0 Å². The summed E-state index contributed by atoms with van der Waals surface area (Å²) in [5.41, 5.74) is -0.276. The van der Waals surface area contributed by atoms with Gasteiger partial charge < -0.3 is 4.84 Å². The summed E-state index contributed by atoms with van der Waals surface area (Å²) in [4.78, 5) is 4.72. The lowest BCUT2D eigenvalue weighted by Crippen LogP contribution is -2.09. The van der Waals surface area contributed by atoms with E-state index in [0.717, 1.165) is 37.8 Å². The number of halogens is 5. The molecule has 2 rings (SSSR count). The summed E-state index contributed by atoms with van der Waals surface area (Å²) in [5.74, 6) is -9.90. The molecule has 1 aromatic rings. The Bertz CT molecular complexity index is 507. The quantitative estimate of drug-likeness (QED) is 0.354. The number of nitrogens with zero attached hydrogens (tertiary/aromatic N) is 1. The normalized spacial score (nSPS) is 15.3. The van der Waals surface area contributed by atoms with Crippen LogP contribution in [-0.4, -0.2) is 5.71 Å². The standard InChI is InChI=1S/C13H12F5NO/c14-9-8(10(15)12(17)13(18)11(9)16)6-20-19-7-4-2-1-3-5-7/h1-6H2. The van der Waals surface area contributed by atoms with Crippen molar-refractivity contribution in [3.8, 4) is 0 Å². The van der Waals surface area contributed by atoms with Crippen LogP contribution in [0.2, 0.25) is 0 Å². The van der Waals surface area contributed by atoms with Crippen molar-refractivity contribution in [2.45, 2.75) is 38.7 Å². The van der Waals surface area contributed by atoms with Gasteiger partial charge in [-0.1, -0.05) is 11.6 Å². The van der Waals surface area contributed by atoms with Gasteiger partial charge in [-0.05, 0) is 25.7 Å². The van der Waals surface area contributed by atoms with Crippen LogP contribution in [0.5, 0.6) is 0 Å². The molecular formula is C13H12F5NO. The van der Waals surface area contributed by atoms with Crippen molar-refractivity contribution < 1.29 is 26.8 Å². The van der Waals surface area contributed by atoms with Gasteiger partial charge in [0.25, 0.3) is 0 Å². The van der Waals surface area contributed by atoms with Crippen molar-refractivity contribution in [1.82, 2.24) is 0 Å². The zero-order valence-electron chi connectivity index (χ0n) is 10.5. The van der Waals surface area contributed by atoms with E-state index in [1.54, 1.807) is 0 Å². The minimum atomic E-state index is -2.18. The number of oxime groups is 1. The second kappa shape index (κ2) is 6.19. The number of hydrogen-bond acceptors (Lipinski definition) is 2. The minimum Gasteiger partial charge on any atom is -0.391 e. The molecule has 1 aliphatic carbocycles. The maximum Gasteiger partial charge on any atom is 0.200 e. The van der Waals surface area contributed by atoms with Gasteiger partial charge in [0.15, 0.2) is 23.3 Å². The molecule has 7 heteroatoms. The molecule has 0 spiro atoms. The van der Waals surface area contributed by atoms with Crippen molar-refractivity contribution in [2.75, 3.05) is 0 Å². The molecule has 0 heterocycles. The highest BCUT2D eigenvalue weighted by Gasteiger charge is 2.25. The van der Waals surface area contributed by atoms with Crippen molar-refractivity contribution in [3.63, 3.8) is 0 Å². The van der Waals surface area contributed by atoms with Crippen LogP contribution in [0.15, 0.2) is 5.16 Å². The second-order valence-corrected chi connectivity index (χ2v) is 4.54. The lowest BCUT2D eigenvalue weighted by molar-refractivity contribution is 0.121. The van der Waals surface area contributed by atoms with E-state index < -0.39 is 41.3 Å². The minimum absolute atomic E-state index is 0.719. The third-order valence-electron chi connectivity index (χ3n) is 3.13. The van der Waals surface area contributed by atoms with Crippen LogP contribution in [0, 0.1) is 29.1 Å². The Labute approximate surface area is 112 Å². The van der Waals surface area contributed by atoms with E-state index >= 15 is 0 Å². The Balaban J connectivity index is 2.13. The highest BCUT2D eigenvalue weighted by Crippen LogP contribution is 2.24. The highest BCUT2D eigenvalue weighted by atomic mass is 19.2. The largest absolute Gasteiger partial charge is 0.391 e. The van der Waals surface area contributed by atoms with Gasteiger partial charge in [-0.2, -0.15) is 0 Å². The van der Waals surface area contributed by atoms with Gasteiger partial charge in [0.05, 0.1) is 11.3 Å². The number of hydrogen-bond donors (Lipinski definition) is 0. The van der Waals surface area contributed by atoms with Gasteiger partial charge in [-0.15, -0.1) is 0 Å². The van der Waals surface area contributed by atoms with Crippen LogP contribution < -0.4 is 0 Å². The SMILES string of the molecule is Fc1c(F)c(F)c(CON=C2CCCCC2)c(F)c1F. The number of benzene rings is 1. The van der Waals surface area contributed by atoms with Crippen LogP contribution in [-0.2, 0) is 11.4 Å². The predicted octanol–water partition coefficient (Wildman–Crippen LogP) is 4.22. The molecule has 2 nitrogen and oxygen atoms in total. The van der Waals surface area contributed by atoms with Gasteiger partial charge in [0.2, 0.25) is 5.82 Å². The first-order valence-electron chi connectivity index (χ1n) is 6.20. The maximum atomic E-state index is 13.3. The van der Waals surface area contributed by atoms with E-state index in [1.807, 2.05) is 0 Å². The van der Waals surface area contributed by atoms with E-state index in [0.29, 0.717) is 0 Å². The summed E-state index contributed by atoms with van der Waals surface area (Å²) in [6.07, 6.45) is 4.42. The lowest BCUT2D eigenvalue weighted by atomic mass is 9.99. The molecule has 0 atom stereocenters. The summed E-state index contributed by atoms with van der Waals surface area (Å²) in [5, 5.41) is 3.69. The van der Waals surface area contributed by atoms with E-state index in [4.69, 9.17) is 4.84 Å². The molecule has 0 saturated heterocycles. The fourth-order valence-electron chi connectivity index (χ4n) is 2.02. The number of rotatable bonds is 3. The fraction of sp³-hybridized carbons (Fsp3) is 0.462. The summed E-state index contributed by atoms with van der Waals surface area (Å²) in [7, 11) is 0. The molecule has 0 aliphatic heterocycles. The van der Waals surface area contributed by atoms with E-state index in [9.17, 15) is 22.0 Å². The van der Waals surface area contributed by atoms with E-state index in [1.165, 1.54) is 0 Å². The van der Waals surface area contributed by atoms with Gasteiger partial charge in [-0.3, -0.25) is 0 Å². The molecule has 1 fully saturated rings. The van der Waals surface area contributed by atoms with Crippen molar-refractivity contribution in [3.05, 3.63) is 34.6 Å². The topological polar surface area (TPSA) is 21.6 Å². The maximum absolute atomic E-state index is 13.3. The summed E-state index contributed by atoms with van der Waals surface area (Å²) in [6.45, 7) is -0.796. The monoisotopic (exact) mass is 293 g/mol. The third-order valence-corrected chi connectivity index (χ3v) is 3.13. The average molecular weight is 293 g/mol. The Hall–Kier alpha value is -1.66. The van der Waals surface area contributed by atoms with E-state index in [-0.39, 0.29) is 0 Å². The van der Waals surface area contributed by atoms with Gasteiger partial charge in [-0.25, -0.2) is 22.0 Å². The molecule has 0 N–H and O–H groups in total. The van der Waals surface area contributed by atoms with Gasteiger partial charge in [0.1, 0.15) is 6.61 Å². The first kappa shape index (κ1) is 14.7.